The van der Waals surface area contributed by atoms with Gasteiger partial charge in [0.1, 0.15) is 29.1 Å². The summed E-state index contributed by atoms with van der Waals surface area (Å²) in [6.45, 7) is 0. The number of aliphatic carboxylic acids is 1. The van der Waals surface area contributed by atoms with Gasteiger partial charge in [-0.05, 0) is 0 Å². The van der Waals surface area contributed by atoms with E-state index in [0.29, 0.717) is 12.1 Å². The number of benzene rings is 1. The van der Waals surface area contributed by atoms with Gasteiger partial charge >= 0.3 is 5.97 Å². The number of amides is 1. The van der Waals surface area contributed by atoms with Crippen LogP contribution in [0.2, 0.25) is 0 Å². The van der Waals surface area contributed by atoms with E-state index < -0.39 is 40.9 Å². The predicted molar refractivity (Wildman–Crippen MR) is 58.7 cm³/mol. The van der Waals surface area contributed by atoms with E-state index in [0.717, 1.165) is 0 Å². The second-order valence-electron chi connectivity index (χ2n) is 3.52. The molecular formula is C12H8F3NO3. The molecule has 19 heavy (non-hydrogen) atoms. The minimum atomic E-state index is -1.48. The Labute approximate surface area is 106 Å². The van der Waals surface area contributed by atoms with Crippen LogP contribution >= 0.6 is 0 Å². The van der Waals surface area contributed by atoms with Gasteiger partial charge in [-0.15, -0.1) is 12.3 Å². The molecule has 2 N–H and O–H groups in total. The highest BCUT2D eigenvalue weighted by Gasteiger charge is 2.24. The van der Waals surface area contributed by atoms with Crippen LogP contribution in [0.3, 0.4) is 0 Å². The maximum atomic E-state index is 13.3. The van der Waals surface area contributed by atoms with Gasteiger partial charge in [0.15, 0.2) is 0 Å². The quantitative estimate of drug-likeness (QED) is 0.811. The Morgan fingerprint density at radius 1 is 1.32 bits per heavy atom. The van der Waals surface area contributed by atoms with Gasteiger partial charge in [0, 0.05) is 18.6 Å². The first-order valence-corrected chi connectivity index (χ1v) is 4.98. The predicted octanol–water partition coefficient (Wildman–Crippen LogP) is 1.31. The number of carboxylic acid groups (broad SMARTS) is 1. The molecule has 0 fully saturated rings. The van der Waals surface area contributed by atoms with Crippen LogP contribution in [0.4, 0.5) is 13.2 Å². The van der Waals surface area contributed by atoms with Crippen molar-refractivity contribution in [2.24, 2.45) is 0 Å². The van der Waals surface area contributed by atoms with Crippen LogP contribution < -0.4 is 5.32 Å². The highest BCUT2D eigenvalue weighted by atomic mass is 19.1. The Kier molecular flexibility index (Phi) is 4.53. The molecule has 0 aliphatic heterocycles. The molecule has 1 amide bonds. The summed E-state index contributed by atoms with van der Waals surface area (Å²) in [5.41, 5.74) is -1.07. The van der Waals surface area contributed by atoms with E-state index in [1.807, 2.05) is 11.2 Å². The summed E-state index contributed by atoms with van der Waals surface area (Å²) in [6, 6.07) is -0.856. The van der Waals surface area contributed by atoms with Crippen LogP contribution in [-0.4, -0.2) is 23.0 Å². The van der Waals surface area contributed by atoms with Crippen LogP contribution in [0.15, 0.2) is 12.1 Å². The number of carbonyl (C=O) groups is 2. The zero-order valence-electron chi connectivity index (χ0n) is 9.41. The fraction of sp³-hybridized carbons (Fsp3) is 0.167. The van der Waals surface area contributed by atoms with Gasteiger partial charge in [-0.2, -0.15) is 0 Å². The summed E-state index contributed by atoms with van der Waals surface area (Å²) in [4.78, 5) is 22.3. The number of rotatable bonds is 4. The second-order valence-corrected chi connectivity index (χ2v) is 3.52. The minimum absolute atomic E-state index is 0.314. The van der Waals surface area contributed by atoms with Gasteiger partial charge in [-0.1, -0.05) is 0 Å². The fourth-order valence-corrected chi connectivity index (χ4v) is 1.31. The lowest BCUT2D eigenvalue weighted by Gasteiger charge is -2.12. The monoisotopic (exact) mass is 271 g/mol. The first-order chi connectivity index (χ1) is 8.86. The van der Waals surface area contributed by atoms with E-state index in [1.165, 1.54) is 0 Å². The molecule has 100 valence electrons. The maximum absolute atomic E-state index is 13.3. The van der Waals surface area contributed by atoms with Gasteiger partial charge in [-0.3, -0.25) is 4.79 Å². The standard InChI is InChI=1S/C12H8F3NO3/c1-2-3-9(12(18)19)16-11(17)10-7(14)4-6(13)5-8(10)15/h1,4-5,9H,3H2,(H,16,17)(H,18,19)/t9-/m0/s1. The molecule has 0 saturated carbocycles. The van der Waals surface area contributed by atoms with Gasteiger partial charge < -0.3 is 10.4 Å². The zero-order chi connectivity index (χ0) is 14.6. The van der Waals surface area contributed by atoms with Gasteiger partial charge in [0.2, 0.25) is 0 Å². The molecule has 1 aromatic carbocycles. The van der Waals surface area contributed by atoms with Crippen LogP contribution in [0.5, 0.6) is 0 Å². The fourth-order valence-electron chi connectivity index (χ4n) is 1.31. The topological polar surface area (TPSA) is 66.4 Å². The van der Waals surface area contributed by atoms with Crippen molar-refractivity contribution >= 4 is 11.9 Å². The zero-order valence-corrected chi connectivity index (χ0v) is 9.41. The van der Waals surface area contributed by atoms with E-state index >= 15 is 0 Å². The number of carboxylic acids is 1. The van der Waals surface area contributed by atoms with E-state index in [4.69, 9.17) is 11.5 Å². The van der Waals surface area contributed by atoms with Crippen LogP contribution in [0.1, 0.15) is 16.8 Å². The lowest BCUT2D eigenvalue weighted by molar-refractivity contribution is -0.139. The number of carbonyl (C=O) groups excluding carboxylic acids is 1. The molecule has 7 heteroatoms. The number of halogens is 3. The molecule has 0 aliphatic carbocycles. The van der Waals surface area contributed by atoms with Gasteiger partial charge in [0.05, 0.1) is 0 Å². The third-order valence-electron chi connectivity index (χ3n) is 2.16. The Bertz CT molecular complexity index is 543. The SMILES string of the molecule is C#CC[C@H](NC(=O)c1c(F)cc(F)cc1F)C(=O)O. The van der Waals surface area contributed by atoms with Gasteiger partial charge in [-0.25, -0.2) is 18.0 Å². The number of hydrogen-bond acceptors (Lipinski definition) is 2. The Hall–Kier alpha value is -2.49. The van der Waals surface area contributed by atoms with Crippen molar-refractivity contribution < 1.29 is 27.9 Å². The van der Waals surface area contributed by atoms with Gasteiger partial charge in [0.25, 0.3) is 5.91 Å². The van der Waals surface area contributed by atoms with E-state index in [-0.39, 0.29) is 6.42 Å². The Balaban J connectivity index is 3.02. The molecule has 0 radical (unpaired) electrons. The van der Waals surface area contributed by atoms with Crippen molar-refractivity contribution in [1.82, 2.24) is 5.32 Å². The number of terminal acetylenes is 1. The molecular weight excluding hydrogens is 263 g/mol. The molecule has 0 heterocycles. The van der Waals surface area contributed by atoms with Crippen LogP contribution in [0, 0.1) is 29.8 Å². The molecule has 4 nitrogen and oxygen atoms in total. The normalized spacial score (nSPS) is 11.5. The van der Waals surface area contributed by atoms with Crippen molar-refractivity contribution in [3.63, 3.8) is 0 Å². The highest BCUT2D eigenvalue weighted by Crippen LogP contribution is 2.15. The molecule has 1 atom stereocenters. The molecule has 0 aromatic heterocycles. The summed E-state index contributed by atoms with van der Waals surface area (Å²) < 4.78 is 39.2. The largest absolute Gasteiger partial charge is 0.480 e. The first kappa shape index (κ1) is 14.6. The maximum Gasteiger partial charge on any atom is 0.327 e. The molecule has 0 bridgehead atoms. The summed E-state index contributed by atoms with van der Waals surface area (Å²) in [6.07, 6.45) is 4.54. The van der Waals surface area contributed by atoms with Crippen molar-refractivity contribution in [1.29, 1.82) is 0 Å². The third-order valence-corrected chi connectivity index (χ3v) is 2.16. The lowest BCUT2D eigenvalue weighted by atomic mass is 10.1. The average Bonchev–Trinajstić information content (AvgIpc) is 2.26. The summed E-state index contributed by atoms with van der Waals surface area (Å²) >= 11 is 0. The highest BCUT2D eigenvalue weighted by molar-refractivity contribution is 5.97. The smallest absolute Gasteiger partial charge is 0.327 e. The Morgan fingerprint density at radius 3 is 2.26 bits per heavy atom. The van der Waals surface area contributed by atoms with E-state index in [1.54, 1.807) is 0 Å². The third kappa shape index (κ3) is 3.48. The van der Waals surface area contributed by atoms with Crippen molar-refractivity contribution in [2.75, 3.05) is 0 Å². The summed E-state index contributed by atoms with van der Waals surface area (Å²) in [5, 5.41) is 10.6. The molecule has 1 aromatic rings. The number of hydrogen-bond donors (Lipinski definition) is 2. The van der Waals surface area contributed by atoms with Crippen LogP contribution in [-0.2, 0) is 4.79 Å². The minimum Gasteiger partial charge on any atom is -0.480 e. The molecule has 1 rings (SSSR count). The molecule has 0 saturated heterocycles. The molecule has 0 aliphatic rings. The van der Waals surface area contributed by atoms with E-state index in [2.05, 4.69) is 0 Å². The Morgan fingerprint density at radius 2 is 1.84 bits per heavy atom. The molecule has 0 spiro atoms. The summed E-state index contributed by atoms with van der Waals surface area (Å²) in [5.74, 6) is -4.82. The first-order valence-electron chi connectivity index (χ1n) is 4.98. The van der Waals surface area contributed by atoms with Crippen molar-refractivity contribution in [3.8, 4) is 12.3 Å². The summed E-state index contributed by atoms with van der Waals surface area (Å²) in [7, 11) is 0. The van der Waals surface area contributed by atoms with Crippen molar-refractivity contribution in [2.45, 2.75) is 12.5 Å². The molecule has 0 unspecified atom stereocenters. The second kappa shape index (κ2) is 5.91. The van der Waals surface area contributed by atoms with E-state index in [9.17, 15) is 22.8 Å². The van der Waals surface area contributed by atoms with Crippen molar-refractivity contribution in [3.05, 3.63) is 35.1 Å². The lowest BCUT2D eigenvalue weighted by Crippen LogP contribution is -2.41. The van der Waals surface area contributed by atoms with Crippen LogP contribution in [0.25, 0.3) is 0 Å². The average molecular weight is 271 g/mol. The number of nitrogens with one attached hydrogen (secondary N) is 1.